The van der Waals surface area contributed by atoms with E-state index in [1.54, 1.807) is 25.4 Å². The van der Waals surface area contributed by atoms with Gasteiger partial charge in [-0.2, -0.15) is 5.10 Å². The summed E-state index contributed by atoms with van der Waals surface area (Å²) < 4.78 is 30.7. The summed E-state index contributed by atoms with van der Waals surface area (Å²) in [5, 5.41) is 16.5. The van der Waals surface area contributed by atoms with E-state index in [9.17, 15) is 18.4 Å². The molecular weight excluding hydrogens is 388 g/mol. The molecule has 0 fully saturated rings. The lowest BCUT2D eigenvalue weighted by atomic mass is 10.1. The van der Waals surface area contributed by atoms with E-state index in [4.69, 9.17) is 0 Å². The van der Waals surface area contributed by atoms with Gasteiger partial charge in [0.05, 0.1) is 24.6 Å². The van der Waals surface area contributed by atoms with Crippen LogP contribution in [0.3, 0.4) is 0 Å². The van der Waals surface area contributed by atoms with Crippen LogP contribution in [0.25, 0.3) is 5.65 Å². The lowest BCUT2D eigenvalue weighted by Gasteiger charge is -2.11. The first-order chi connectivity index (χ1) is 13.8. The molecule has 0 radical (unpaired) electrons. The van der Waals surface area contributed by atoms with E-state index < -0.39 is 30.6 Å². The molecule has 0 saturated heterocycles. The number of carbonyl (C=O) groups is 2. The molecule has 0 aliphatic carbocycles. The summed E-state index contributed by atoms with van der Waals surface area (Å²) in [6.07, 6.45) is 0.181. The third-order valence-corrected chi connectivity index (χ3v) is 4.17. The Bertz CT molecular complexity index is 1020. The SMILES string of the molecule is Cc1nonc1C(=O)NCc1cn2ncc(CNC(=O)[C@H](C)CC(F)F)cc2n1. The molecule has 0 bridgehead atoms. The van der Waals surface area contributed by atoms with Gasteiger partial charge in [-0.15, -0.1) is 0 Å². The van der Waals surface area contributed by atoms with E-state index in [1.165, 1.54) is 11.4 Å². The molecule has 0 spiro atoms. The second-order valence-electron chi connectivity index (χ2n) is 6.53. The van der Waals surface area contributed by atoms with Crippen LogP contribution in [0.2, 0.25) is 0 Å². The fourth-order valence-electron chi connectivity index (χ4n) is 2.58. The number of nitrogens with one attached hydrogen (secondary N) is 2. The molecule has 0 unspecified atom stereocenters. The molecule has 3 aromatic heterocycles. The van der Waals surface area contributed by atoms with Crippen molar-refractivity contribution in [3.63, 3.8) is 0 Å². The Hall–Kier alpha value is -3.44. The van der Waals surface area contributed by atoms with E-state index in [-0.39, 0.29) is 18.8 Å². The average Bonchev–Trinajstić information content (AvgIpc) is 3.28. The molecule has 0 saturated carbocycles. The molecule has 12 heteroatoms. The molecule has 2 amide bonds. The van der Waals surface area contributed by atoms with E-state index in [0.717, 1.165) is 0 Å². The van der Waals surface area contributed by atoms with Crippen molar-refractivity contribution in [2.75, 3.05) is 0 Å². The van der Waals surface area contributed by atoms with Gasteiger partial charge in [-0.25, -0.2) is 22.9 Å². The van der Waals surface area contributed by atoms with Gasteiger partial charge in [-0.1, -0.05) is 12.1 Å². The second kappa shape index (κ2) is 8.71. The number of carbonyl (C=O) groups excluding carboxylic acids is 2. The number of amides is 2. The Morgan fingerprint density at radius 3 is 2.72 bits per heavy atom. The summed E-state index contributed by atoms with van der Waals surface area (Å²) in [6.45, 7) is 3.35. The molecule has 3 heterocycles. The van der Waals surface area contributed by atoms with Crippen LogP contribution in [0.15, 0.2) is 23.1 Å². The molecule has 154 valence electrons. The van der Waals surface area contributed by atoms with Gasteiger partial charge in [0.25, 0.3) is 5.91 Å². The average molecular weight is 407 g/mol. The number of nitrogens with zero attached hydrogens (tertiary/aromatic N) is 5. The minimum Gasteiger partial charge on any atom is -0.352 e. The summed E-state index contributed by atoms with van der Waals surface area (Å²) in [5.41, 5.74) is 2.23. The highest BCUT2D eigenvalue weighted by Crippen LogP contribution is 2.11. The van der Waals surface area contributed by atoms with Crippen LogP contribution in [0, 0.1) is 12.8 Å². The van der Waals surface area contributed by atoms with E-state index in [2.05, 4.69) is 35.7 Å². The van der Waals surface area contributed by atoms with Gasteiger partial charge in [-0.3, -0.25) is 9.59 Å². The minimum absolute atomic E-state index is 0.103. The number of hydrogen-bond donors (Lipinski definition) is 2. The van der Waals surface area contributed by atoms with Crippen molar-refractivity contribution in [1.29, 1.82) is 0 Å². The Kier molecular flexibility index (Phi) is 6.10. The highest BCUT2D eigenvalue weighted by atomic mass is 19.3. The first-order valence-electron chi connectivity index (χ1n) is 8.80. The number of halogens is 2. The molecule has 29 heavy (non-hydrogen) atoms. The van der Waals surface area contributed by atoms with Crippen molar-refractivity contribution < 1.29 is 23.0 Å². The molecule has 0 aromatic carbocycles. The van der Waals surface area contributed by atoms with Crippen molar-refractivity contribution in [3.05, 3.63) is 41.1 Å². The van der Waals surface area contributed by atoms with Crippen molar-refractivity contribution in [1.82, 2.24) is 35.5 Å². The van der Waals surface area contributed by atoms with Crippen LogP contribution >= 0.6 is 0 Å². The molecule has 0 aliphatic heterocycles. The zero-order chi connectivity index (χ0) is 21.0. The topological polar surface area (TPSA) is 127 Å². The van der Waals surface area contributed by atoms with Crippen LogP contribution in [-0.2, 0) is 17.9 Å². The number of imidazole rings is 1. The second-order valence-corrected chi connectivity index (χ2v) is 6.53. The summed E-state index contributed by atoms with van der Waals surface area (Å²) in [6, 6.07) is 1.71. The van der Waals surface area contributed by atoms with Gasteiger partial charge in [0.2, 0.25) is 12.3 Å². The molecule has 10 nitrogen and oxygen atoms in total. The van der Waals surface area contributed by atoms with Gasteiger partial charge in [0.15, 0.2) is 11.3 Å². The predicted octanol–water partition coefficient (Wildman–Crippen LogP) is 1.26. The van der Waals surface area contributed by atoms with Gasteiger partial charge in [0, 0.05) is 18.9 Å². The Morgan fingerprint density at radius 2 is 2.03 bits per heavy atom. The first kappa shape index (κ1) is 20.3. The third kappa shape index (κ3) is 5.09. The monoisotopic (exact) mass is 407 g/mol. The van der Waals surface area contributed by atoms with Gasteiger partial charge in [0.1, 0.15) is 5.69 Å². The van der Waals surface area contributed by atoms with Crippen molar-refractivity contribution in [3.8, 4) is 0 Å². The Labute approximate surface area is 163 Å². The third-order valence-electron chi connectivity index (χ3n) is 4.17. The standard InChI is InChI=1S/C17H19F2N7O3/c1-9(3-13(18)19)16(27)20-5-11-4-14-23-12(8-26(14)22-6-11)7-21-17(28)15-10(2)24-29-25-15/h4,6,8-9,13H,3,5,7H2,1-2H3,(H,20,27)(H,21,28)/t9-/m1/s1. The zero-order valence-corrected chi connectivity index (χ0v) is 15.7. The highest BCUT2D eigenvalue weighted by molar-refractivity contribution is 5.92. The molecular formula is C17H19F2N7O3. The maximum atomic E-state index is 12.4. The van der Waals surface area contributed by atoms with Crippen LogP contribution in [0.5, 0.6) is 0 Å². The van der Waals surface area contributed by atoms with Gasteiger partial charge >= 0.3 is 0 Å². The smallest absolute Gasteiger partial charge is 0.275 e. The van der Waals surface area contributed by atoms with E-state index in [0.29, 0.717) is 22.6 Å². The number of hydrogen-bond acceptors (Lipinski definition) is 7. The quantitative estimate of drug-likeness (QED) is 0.575. The number of aryl methyl sites for hydroxylation is 1. The van der Waals surface area contributed by atoms with Crippen molar-refractivity contribution in [2.45, 2.75) is 39.8 Å². The van der Waals surface area contributed by atoms with Crippen LogP contribution in [-0.4, -0.2) is 43.2 Å². The van der Waals surface area contributed by atoms with Crippen LogP contribution in [0.1, 0.15) is 40.8 Å². The Balaban J connectivity index is 1.59. The normalized spacial score (nSPS) is 12.3. The van der Waals surface area contributed by atoms with Gasteiger partial charge in [-0.05, 0) is 23.7 Å². The summed E-state index contributed by atoms with van der Waals surface area (Å²) in [4.78, 5) is 28.2. The molecule has 3 aromatic rings. The summed E-state index contributed by atoms with van der Waals surface area (Å²) >= 11 is 0. The number of aromatic nitrogens is 5. The van der Waals surface area contributed by atoms with Crippen LogP contribution < -0.4 is 10.6 Å². The van der Waals surface area contributed by atoms with E-state index >= 15 is 0 Å². The van der Waals surface area contributed by atoms with Crippen LogP contribution in [0.4, 0.5) is 8.78 Å². The first-order valence-corrected chi connectivity index (χ1v) is 8.80. The maximum absolute atomic E-state index is 12.4. The molecule has 3 rings (SSSR count). The number of fused-ring (bicyclic) bond motifs is 1. The lowest BCUT2D eigenvalue weighted by Crippen LogP contribution is -2.29. The van der Waals surface area contributed by atoms with E-state index in [1.807, 2.05) is 0 Å². The molecule has 0 aliphatic rings. The largest absolute Gasteiger partial charge is 0.352 e. The highest BCUT2D eigenvalue weighted by Gasteiger charge is 2.18. The predicted molar refractivity (Wildman–Crippen MR) is 94.8 cm³/mol. The fourth-order valence-corrected chi connectivity index (χ4v) is 2.58. The Morgan fingerprint density at radius 1 is 1.24 bits per heavy atom. The number of rotatable bonds is 8. The molecule has 2 N–H and O–H groups in total. The zero-order valence-electron chi connectivity index (χ0n) is 15.7. The minimum atomic E-state index is -2.53. The molecule has 1 atom stereocenters. The van der Waals surface area contributed by atoms with Gasteiger partial charge < -0.3 is 10.6 Å². The maximum Gasteiger partial charge on any atom is 0.275 e. The fraction of sp³-hybridized carbons (Fsp3) is 0.412. The summed E-state index contributed by atoms with van der Waals surface area (Å²) in [7, 11) is 0. The van der Waals surface area contributed by atoms with Crippen molar-refractivity contribution >= 4 is 17.5 Å². The number of alkyl halides is 2. The van der Waals surface area contributed by atoms with Crippen molar-refractivity contribution in [2.24, 2.45) is 5.92 Å². The lowest BCUT2D eigenvalue weighted by molar-refractivity contribution is -0.125. The summed E-state index contributed by atoms with van der Waals surface area (Å²) in [5.74, 6) is -1.67.